The Bertz CT molecular complexity index is 626. The number of benzene rings is 1. The molecule has 0 radical (unpaired) electrons. The number of fused-ring (bicyclic) bond motifs is 1. The maximum absolute atomic E-state index is 3.35. The summed E-state index contributed by atoms with van der Waals surface area (Å²) in [6.45, 7) is 9.10. The van der Waals surface area contributed by atoms with E-state index in [2.05, 4.69) is 81.8 Å². The van der Waals surface area contributed by atoms with Crippen molar-refractivity contribution in [2.24, 2.45) is 5.92 Å². The molecule has 4 heteroatoms. The van der Waals surface area contributed by atoms with Gasteiger partial charge in [0.1, 0.15) is 0 Å². The maximum atomic E-state index is 3.35. The second-order valence-electron chi connectivity index (χ2n) is 6.17. The molecule has 0 aliphatic heterocycles. The van der Waals surface area contributed by atoms with Crippen molar-refractivity contribution in [2.75, 3.05) is 13.3 Å². The SMILES string of the molecule is CCCC(C)C1=[C-]CC=C1.CP(C)c1cc2ccccc2[cH-]1.[F-].[F-].[Zr+4]. The van der Waals surface area contributed by atoms with Crippen molar-refractivity contribution in [2.45, 2.75) is 33.1 Å². The summed E-state index contributed by atoms with van der Waals surface area (Å²) < 4.78 is 0. The minimum absolute atomic E-state index is 0. The summed E-state index contributed by atoms with van der Waals surface area (Å²) in [5.41, 5.74) is 1.42. The summed E-state index contributed by atoms with van der Waals surface area (Å²) in [5.74, 6) is 0.726. The molecule has 0 amide bonds. The minimum Gasteiger partial charge on any atom is -1.00 e. The van der Waals surface area contributed by atoms with Crippen LogP contribution in [0.15, 0.2) is 54.1 Å². The molecule has 0 fully saturated rings. The van der Waals surface area contributed by atoms with Crippen LogP contribution >= 0.6 is 7.92 Å². The number of rotatable bonds is 4. The van der Waals surface area contributed by atoms with E-state index in [-0.39, 0.29) is 43.5 Å². The molecule has 0 bridgehead atoms. The van der Waals surface area contributed by atoms with E-state index in [0.717, 1.165) is 12.3 Å². The van der Waals surface area contributed by atoms with Gasteiger partial charge in [0.2, 0.25) is 0 Å². The second kappa shape index (κ2) is 13.7. The van der Waals surface area contributed by atoms with Crippen molar-refractivity contribution in [1.29, 1.82) is 0 Å². The van der Waals surface area contributed by atoms with Crippen LogP contribution in [0.4, 0.5) is 0 Å². The fourth-order valence-corrected chi connectivity index (χ4v) is 3.54. The van der Waals surface area contributed by atoms with E-state index in [1.54, 1.807) is 0 Å². The predicted octanol–water partition coefficient (Wildman–Crippen LogP) is 0.0431. The summed E-state index contributed by atoms with van der Waals surface area (Å²) in [6.07, 6.45) is 11.3. The van der Waals surface area contributed by atoms with Crippen LogP contribution in [0.1, 0.15) is 33.1 Å². The van der Waals surface area contributed by atoms with Gasteiger partial charge < -0.3 is 9.41 Å². The van der Waals surface area contributed by atoms with Crippen LogP contribution in [-0.2, 0) is 26.2 Å². The van der Waals surface area contributed by atoms with Crippen molar-refractivity contribution in [1.82, 2.24) is 0 Å². The molecule has 2 aromatic rings. The van der Waals surface area contributed by atoms with Gasteiger partial charge in [-0.2, -0.15) is 12.1 Å². The van der Waals surface area contributed by atoms with Gasteiger partial charge in [0, 0.05) is 0 Å². The third-order valence-electron chi connectivity index (χ3n) is 4.09. The fraction of sp³-hybridized carbons (Fsp3) is 0.381. The average Bonchev–Trinajstić information content (AvgIpc) is 3.17. The predicted molar refractivity (Wildman–Crippen MR) is 103 cm³/mol. The molecule has 1 unspecified atom stereocenters. The van der Waals surface area contributed by atoms with E-state index in [1.165, 1.54) is 34.5 Å². The molecule has 0 heterocycles. The van der Waals surface area contributed by atoms with Crippen LogP contribution in [0.2, 0.25) is 0 Å². The zero-order chi connectivity index (χ0) is 15.9. The van der Waals surface area contributed by atoms with Crippen LogP contribution < -0.4 is 14.7 Å². The Labute approximate surface area is 171 Å². The van der Waals surface area contributed by atoms with Crippen molar-refractivity contribution < 1.29 is 35.6 Å². The molecule has 2 aromatic carbocycles. The standard InChI is InChI=1S/C11H12P.C10H15.2FH.Zr/c1-12(2)11-7-9-5-3-4-6-10(9)8-11;1-3-6-9(2)10-7-4-5-8-10;;;/h3-8H,1-2H3;4,7,9H,3,5-6H2,1-2H3;2*1H;/q2*-1;;;+4/p-2. The van der Waals surface area contributed by atoms with Crippen LogP contribution in [0.3, 0.4) is 0 Å². The zero-order valence-corrected chi connectivity index (χ0v) is 18.9. The molecule has 1 aliphatic carbocycles. The third kappa shape index (κ3) is 8.14. The molecular formula is C21H27F2PZr. The van der Waals surface area contributed by atoms with Gasteiger partial charge in [-0.15, -0.1) is 54.7 Å². The normalized spacial score (nSPS) is 13.1. The van der Waals surface area contributed by atoms with Gasteiger partial charge in [-0.05, 0) is 19.8 Å². The van der Waals surface area contributed by atoms with Gasteiger partial charge in [-0.3, -0.25) is 6.08 Å². The summed E-state index contributed by atoms with van der Waals surface area (Å²) in [4.78, 5) is 0. The summed E-state index contributed by atoms with van der Waals surface area (Å²) in [7, 11) is 0.0576. The van der Waals surface area contributed by atoms with Gasteiger partial charge >= 0.3 is 26.2 Å². The molecule has 25 heavy (non-hydrogen) atoms. The van der Waals surface area contributed by atoms with E-state index < -0.39 is 0 Å². The summed E-state index contributed by atoms with van der Waals surface area (Å²) >= 11 is 0. The van der Waals surface area contributed by atoms with Gasteiger partial charge in [0.25, 0.3) is 0 Å². The van der Waals surface area contributed by atoms with Crippen molar-refractivity contribution in [3.8, 4) is 0 Å². The van der Waals surface area contributed by atoms with E-state index in [1.807, 2.05) is 0 Å². The Morgan fingerprint density at radius 2 is 1.88 bits per heavy atom. The molecule has 134 valence electrons. The van der Waals surface area contributed by atoms with E-state index in [4.69, 9.17) is 0 Å². The number of hydrogen-bond donors (Lipinski definition) is 0. The fourth-order valence-electron chi connectivity index (χ4n) is 2.74. The average molecular weight is 440 g/mol. The molecule has 0 nitrogen and oxygen atoms in total. The van der Waals surface area contributed by atoms with Crippen LogP contribution in [0.25, 0.3) is 10.8 Å². The minimum atomic E-state index is 0. The van der Waals surface area contributed by atoms with Crippen LogP contribution in [0, 0.1) is 12.0 Å². The molecule has 3 rings (SSSR count). The molecule has 1 aliphatic rings. The summed E-state index contributed by atoms with van der Waals surface area (Å²) in [6, 6.07) is 13.2. The largest absolute Gasteiger partial charge is 4.00 e. The second-order valence-corrected chi connectivity index (χ2v) is 8.47. The molecule has 0 saturated heterocycles. The first-order valence-electron chi connectivity index (χ1n) is 8.22. The Morgan fingerprint density at radius 3 is 2.40 bits per heavy atom. The van der Waals surface area contributed by atoms with Gasteiger partial charge in [-0.1, -0.05) is 32.3 Å². The first-order valence-corrected chi connectivity index (χ1v) is 10.5. The smallest absolute Gasteiger partial charge is 1.00 e. The monoisotopic (exact) mass is 438 g/mol. The van der Waals surface area contributed by atoms with Gasteiger partial charge in [0.05, 0.1) is 0 Å². The molecule has 0 N–H and O–H groups in total. The van der Waals surface area contributed by atoms with E-state index >= 15 is 0 Å². The van der Waals surface area contributed by atoms with Crippen molar-refractivity contribution in [3.05, 3.63) is 60.2 Å². The molecule has 0 aromatic heterocycles. The Morgan fingerprint density at radius 1 is 1.20 bits per heavy atom. The van der Waals surface area contributed by atoms with Crippen LogP contribution in [0.5, 0.6) is 0 Å². The Hall–Kier alpha value is -0.517. The van der Waals surface area contributed by atoms with E-state index in [0.29, 0.717) is 0 Å². The van der Waals surface area contributed by atoms with Crippen LogP contribution in [-0.4, -0.2) is 13.3 Å². The number of hydrogen-bond acceptors (Lipinski definition) is 0. The van der Waals surface area contributed by atoms with Crippen molar-refractivity contribution >= 4 is 24.0 Å². The first kappa shape index (κ1) is 26.7. The molecule has 0 spiro atoms. The Kier molecular flexibility index (Phi) is 14.6. The van der Waals surface area contributed by atoms with Gasteiger partial charge in [0.15, 0.2) is 0 Å². The number of allylic oxidation sites excluding steroid dienone is 4. The number of halogens is 2. The quantitative estimate of drug-likeness (QED) is 0.466. The van der Waals surface area contributed by atoms with Gasteiger partial charge in [-0.25, -0.2) is 11.6 Å². The summed E-state index contributed by atoms with van der Waals surface area (Å²) in [5, 5.41) is 4.26. The molecular weight excluding hydrogens is 412 g/mol. The zero-order valence-electron chi connectivity index (χ0n) is 15.5. The molecule has 0 saturated carbocycles. The Balaban J connectivity index is 0. The first-order chi connectivity index (χ1) is 10.6. The third-order valence-corrected chi connectivity index (χ3v) is 5.38. The maximum Gasteiger partial charge on any atom is 4.00 e. The van der Waals surface area contributed by atoms with E-state index in [9.17, 15) is 0 Å². The topological polar surface area (TPSA) is 0 Å². The van der Waals surface area contributed by atoms with Crippen molar-refractivity contribution in [3.63, 3.8) is 0 Å². The molecule has 1 atom stereocenters.